The standard InChI is InChI=1S/C12H12Br2O3/c1-17-12(16)7-8-2-3-9(10(14)6-8)11(15)4-5-13/h2-3,6H,4-5,7H2,1H3. The van der Waals surface area contributed by atoms with Gasteiger partial charge in [-0.25, -0.2) is 0 Å². The topological polar surface area (TPSA) is 43.4 Å². The summed E-state index contributed by atoms with van der Waals surface area (Å²) in [6.45, 7) is 0. The first-order chi connectivity index (χ1) is 8.08. The van der Waals surface area contributed by atoms with Crippen molar-refractivity contribution in [1.29, 1.82) is 0 Å². The maximum Gasteiger partial charge on any atom is 0.309 e. The number of hydrogen-bond donors (Lipinski definition) is 0. The van der Waals surface area contributed by atoms with Crippen LogP contribution in [0.4, 0.5) is 0 Å². The van der Waals surface area contributed by atoms with Crippen molar-refractivity contribution in [2.45, 2.75) is 12.8 Å². The lowest BCUT2D eigenvalue weighted by Crippen LogP contribution is -2.06. The predicted octanol–water partition coefficient (Wildman–Crippen LogP) is 3.13. The Morgan fingerprint density at radius 1 is 1.35 bits per heavy atom. The number of hydrogen-bond acceptors (Lipinski definition) is 3. The molecule has 0 unspecified atom stereocenters. The van der Waals surface area contributed by atoms with Gasteiger partial charge in [0.15, 0.2) is 5.78 Å². The summed E-state index contributed by atoms with van der Waals surface area (Å²) in [6, 6.07) is 5.27. The molecule has 0 aliphatic heterocycles. The zero-order valence-electron chi connectivity index (χ0n) is 9.33. The van der Waals surface area contributed by atoms with Gasteiger partial charge in [0.2, 0.25) is 0 Å². The van der Waals surface area contributed by atoms with Gasteiger partial charge < -0.3 is 4.74 Å². The largest absolute Gasteiger partial charge is 0.469 e. The van der Waals surface area contributed by atoms with Gasteiger partial charge >= 0.3 is 5.97 Å². The number of carbonyl (C=O) groups is 2. The van der Waals surface area contributed by atoms with E-state index in [-0.39, 0.29) is 18.2 Å². The molecular weight excluding hydrogens is 352 g/mol. The Morgan fingerprint density at radius 3 is 2.59 bits per heavy atom. The van der Waals surface area contributed by atoms with Crippen LogP contribution in [-0.4, -0.2) is 24.2 Å². The van der Waals surface area contributed by atoms with E-state index in [4.69, 9.17) is 0 Å². The average molecular weight is 364 g/mol. The summed E-state index contributed by atoms with van der Waals surface area (Å²) in [4.78, 5) is 22.8. The third kappa shape index (κ3) is 4.24. The SMILES string of the molecule is COC(=O)Cc1ccc(C(=O)CCBr)c(Br)c1. The van der Waals surface area contributed by atoms with Crippen LogP contribution < -0.4 is 0 Å². The van der Waals surface area contributed by atoms with Crippen LogP contribution in [0.1, 0.15) is 22.3 Å². The molecule has 0 radical (unpaired) electrons. The summed E-state index contributed by atoms with van der Waals surface area (Å²) >= 11 is 6.57. The number of ether oxygens (including phenoxy) is 1. The molecule has 0 amide bonds. The number of alkyl halides is 1. The highest BCUT2D eigenvalue weighted by Gasteiger charge is 2.11. The summed E-state index contributed by atoms with van der Waals surface area (Å²) in [5, 5.41) is 0.641. The molecule has 0 bridgehead atoms. The van der Waals surface area contributed by atoms with E-state index in [1.165, 1.54) is 7.11 Å². The first-order valence-corrected chi connectivity index (χ1v) is 6.94. The van der Waals surface area contributed by atoms with Crippen LogP contribution in [0.5, 0.6) is 0 Å². The molecule has 17 heavy (non-hydrogen) atoms. The van der Waals surface area contributed by atoms with Crippen LogP contribution in [-0.2, 0) is 16.0 Å². The number of esters is 1. The average Bonchev–Trinajstić information content (AvgIpc) is 2.29. The highest BCUT2D eigenvalue weighted by atomic mass is 79.9. The van der Waals surface area contributed by atoms with E-state index in [1.54, 1.807) is 18.2 Å². The third-order valence-corrected chi connectivity index (χ3v) is 3.28. The van der Waals surface area contributed by atoms with E-state index < -0.39 is 0 Å². The summed E-state index contributed by atoms with van der Waals surface area (Å²) in [5.74, 6) is -0.227. The smallest absolute Gasteiger partial charge is 0.309 e. The molecule has 0 fully saturated rings. The molecule has 3 nitrogen and oxygen atoms in total. The number of Topliss-reactive ketones (excluding diaryl/α,β-unsaturated/α-hetero) is 1. The van der Waals surface area contributed by atoms with Crippen LogP contribution in [0, 0.1) is 0 Å². The monoisotopic (exact) mass is 362 g/mol. The quantitative estimate of drug-likeness (QED) is 0.458. The maximum absolute atomic E-state index is 11.7. The lowest BCUT2D eigenvalue weighted by Gasteiger charge is -2.05. The fourth-order valence-electron chi connectivity index (χ4n) is 1.35. The van der Waals surface area contributed by atoms with Gasteiger partial charge in [0, 0.05) is 21.8 Å². The molecule has 1 aromatic carbocycles. The van der Waals surface area contributed by atoms with Crippen molar-refractivity contribution in [3.63, 3.8) is 0 Å². The van der Waals surface area contributed by atoms with Gasteiger partial charge in [0.25, 0.3) is 0 Å². The molecule has 5 heteroatoms. The molecule has 0 saturated carbocycles. The van der Waals surface area contributed by atoms with Gasteiger partial charge in [-0.1, -0.05) is 37.9 Å². The minimum absolute atomic E-state index is 0.0679. The van der Waals surface area contributed by atoms with Crippen molar-refractivity contribution in [3.05, 3.63) is 33.8 Å². The molecule has 92 valence electrons. The van der Waals surface area contributed by atoms with Crippen LogP contribution in [0.15, 0.2) is 22.7 Å². The van der Waals surface area contributed by atoms with Gasteiger partial charge in [-0.2, -0.15) is 0 Å². The van der Waals surface area contributed by atoms with Crippen molar-refractivity contribution in [3.8, 4) is 0 Å². The van der Waals surface area contributed by atoms with Crippen molar-refractivity contribution >= 4 is 43.6 Å². The van der Waals surface area contributed by atoms with Gasteiger partial charge in [-0.05, 0) is 17.7 Å². The molecular formula is C12H12Br2O3. The Kier molecular flexibility index (Phi) is 5.85. The van der Waals surface area contributed by atoms with E-state index in [9.17, 15) is 9.59 Å². The molecule has 1 aromatic rings. The predicted molar refractivity (Wildman–Crippen MR) is 72.6 cm³/mol. The first-order valence-electron chi connectivity index (χ1n) is 5.03. The zero-order valence-corrected chi connectivity index (χ0v) is 12.5. The molecule has 0 N–H and O–H groups in total. The molecule has 0 aliphatic rings. The molecule has 0 aromatic heterocycles. The summed E-state index contributed by atoms with van der Waals surface area (Å²) in [5.41, 5.74) is 1.46. The second-order valence-corrected chi connectivity index (χ2v) is 5.08. The number of ketones is 1. The lowest BCUT2D eigenvalue weighted by molar-refractivity contribution is -0.139. The zero-order chi connectivity index (χ0) is 12.8. The Bertz CT molecular complexity index is 430. The Balaban J connectivity index is 2.86. The summed E-state index contributed by atoms with van der Waals surface area (Å²) in [7, 11) is 1.35. The van der Waals surface area contributed by atoms with E-state index in [2.05, 4.69) is 36.6 Å². The molecule has 0 heterocycles. The highest BCUT2D eigenvalue weighted by Crippen LogP contribution is 2.21. The Hall–Kier alpha value is -0.680. The third-order valence-electron chi connectivity index (χ3n) is 2.23. The van der Waals surface area contributed by atoms with Crippen LogP contribution >= 0.6 is 31.9 Å². The molecule has 0 atom stereocenters. The van der Waals surface area contributed by atoms with Crippen LogP contribution in [0.3, 0.4) is 0 Å². The molecule has 0 saturated heterocycles. The van der Waals surface area contributed by atoms with Crippen molar-refractivity contribution < 1.29 is 14.3 Å². The number of methoxy groups -OCH3 is 1. The minimum atomic E-state index is -0.295. The highest BCUT2D eigenvalue weighted by molar-refractivity contribution is 9.10. The minimum Gasteiger partial charge on any atom is -0.469 e. The van der Waals surface area contributed by atoms with E-state index in [0.717, 1.165) is 5.56 Å². The first kappa shape index (κ1) is 14.4. The van der Waals surface area contributed by atoms with Crippen molar-refractivity contribution in [2.24, 2.45) is 0 Å². The Labute approximate surface area is 117 Å². The molecule has 1 rings (SSSR count). The lowest BCUT2D eigenvalue weighted by atomic mass is 10.1. The van der Waals surface area contributed by atoms with E-state index >= 15 is 0 Å². The van der Waals surface area contributed by atoms with Crippen molar-refractivity contribution in [2.75, 3.05) is 12.4 Å². The van der Waals surface area contributed by atoms with Gasteiger partial charge in [0.1, 0.15) is 0 Å². The normalized spacial score (nSPS) is 10.1. The van der Waals surface area contributed by atoms with Crippen LogP contribution in [0.25, 0.3) is 0 Å². The fourth-order valence-corrected chi connectivity index (χ4v) is 2.36. The maximum atomic E-state index is 11.7. The Morgan fingerprint density at radius 2 is 2.06 bits per heavy atom. The number of carbonyl (C=O) groups excluding carboxylic acids is 2. The number of benzene rings is 1. The van der Waals surface area contributed by atoms with Gasteiger partial charge in [0.05, 0.1) is 13.5 Å². The van der Waals surface area contributed by atoms with E-state index in [0.29, 0.717) is 21.8 Å². The van der Waals surface area contributed by atoms with Gasteiger partial charge in [-0.3, -0.25) is 9.59 Å². The molecule has 0 spiro atoms. The molecule has 0 aliphatic carbocycles. The number of halogens is 2. The summed E-state index contributed by atoms with van der Waals surface area (Å²) in [6.07, 6.45) is 0.664. The van der Waals surface area contributed by atoms with Gasteiger partial charge in [-0.15, -0.1) is 0 Å². The van der Waals surface area contributed by atoms with E-state index in [1.807, 2.05) is 0 Å². The van der Waals surface area contributed by atoms with Crippen LogP contribution in [0.2, 0.25) is 0 Å². The van der Waals surface area contributed by atoms with Crippen molar-refractivity contribution in [1.82, 2.24) is 0 Å². The fraction of sp³-hybridized carbons (Fsp3) is 0.333. The number of rotatable bonds is 5. The second-order valence-electron chi connectivity index (χ2n) is 3.43. The second kappa shape index (κ2) is 6.91. The summed E-state index contributed by atoms with van der Waals surface area (Å²) < 4.78 is 5.30.